The number of hydrogen-bond acceptors (Lipinski definition) is 2. The lowest BCUT2D eigenvalue weighted by molar-refractivity contribution is 0.0788. The number of amides is 1. The van der Waals surface area contributed by atoms with Gasteiger partial charge in [-0.15, -0.1) is 0 Å². The van der Waals surface area contributed by atoms with Gasteiger partial charge in [0.05, 0.1) is 6.10 Å². The van der Waals surface area contributed by atoms with Crippen molar-refractivity contribution < 1.29 is 9.53 Å². The van der Waals surface area contributed by atoms with Crippen LogP contribution in [0.25, 0.3) is 0 Å². The van der Waals surface area contributed by atoms with Crippen LogP contribution in [0.1, 0.15) is 30.6 Å². The molecule has 1 heterocycles. The minimum Gasteiger partial charge on any atom is -0.491 e. The predicted octanol–water partition coefficient (Wildman–Crippen LogP) is 3.33. The van der Waals surface area contributed by atoms with Gasteiger partial charge in [-0.25, -0.2) is 0 Å². The van der Waals surface area contributed by atoms with Crippen LogP contribution in [0.3, 0.4) is 0 Å². The van der Waals surface area contributed by atoms with Gasteiger partial charge in [0.2, 0.25) is 0 Å². The molecule has 0 saturated carbocycles. The van der Waals surface area contributed by atoms with Gasteiger partial charge in [0.25, 0.3) is 5.91 Å². The molecule has 104 valence electrons. The highest BCUT2D eigenvalue weighted by Gasteiger charge is 2.26. The van der Waals surface area contributed by atoms with Crippen LogP contribution in [0.2, 0.25) is 0 Å². The van der Waals surface area contributed by atoms with Crippen molar-refractivity contribution in [3.8, 4) is 5.75 Å². The van der Waals surface area contributed by atoms with Gasteiger partial charge in [-0.05, 0) is 50.5 Å². The molecule has 1 saturated heterocycles. The summed E-state index contributed by atoms with van der Waals surface area (Å²) in [5, 5.41) is 0.970. The summed E-state index contributed by atoms with van der Waals surface area (Å²) in [5.41, 5.74) is 0.742. The van der Waals surface area contributed by atoms with Crippen LogP contribution in [0.15, 0.2) is 24.3 Å². The summed E-state index contributed by atoms with van der Waals surface area (Å²) in [7, 11) is 0. The van der Waals surface area contributed by atoms with Gasteiger partial charge in [-0.1, -0.05) is 15.9 Å². The molecule has 0 spiro atoms. The van der Waals surface area contributed by atoms with Crippen molar-refractivity contribution in [3.63, 3.8) is 0 Å². The van der Waals surface area contributed by atoms with E-state index in [9.17, 15) is 4.79 Å². The van der Waals surface area contributed by atoms with Crippen molar-refractivity contribution in [1.29, 1.82) is 0 Å². The summed E-state index contributed by atoms with van der Waals surface area (Å²) < 4.78 is 5.58. The van der Waals surface area contributed by atoms with Crippen molar-refractivity contribution in [3.05, 3.63) is 29.8 Å². The van der Waals surface area contributed by atoms with E-state index in [-0.39, 0.29) is 12.0 Å². The fourth-order valence-electron chi connectivity index (χ4n) is 2.27. The van der Waals surface area contributed by atoms with Gasteiger partial charge in [0.15, 0.2) is 0 Å². The number of hydrogen-bond donors (Lipinski definition) is 0. The Bertz CT molecular complexity index is 430. The molecule has 2 rings (SSSR count). The van der Waals surface area contributed by atoms with E-state index in [1.165, 1.54) is 0 Å². The first-order valence-electron chi connectivity index (χ1n) is 6.72. The van der Waals surface area contributed by atoms with Crippen LogP contribution in [0.4, 0.5) is 0 Å². The maximum absolute atomic E-state index is 12.3. The molecule has 1 aromatic rings. The van der Waals surface area contributed by atoms with E-state index in [2.05, 4.69) is 15.9 Å². The molecule has 3 nitrogen and oxygen atoms in total. The molecule has 0 radical (unpaired) electrons. The first-order chi connectivity index (χ1) is 9.10. The van der Waals surface area contributed by atoms with Crippen LogP contribution >= 0.6 is 15.9 Å². The maximum atomic E-state index is 12.3. The Labute approximate surface area is 123 Å². The van der Waals surface area contributed by atoms with Crippen LogP contribution in [0.5, 0.6) is 5.75 Å². The van der Waals surface area contributed by atoms with Gasteiger partial charge in [0.1, 0.15) is 5.75 Å². The average molecular weight is 326 g/mol. The Morgan fingerprint density at radius 1 is 1.42 bits per heavy atom. The first-order valence-corrected chi connectivity index (χ1v) is 7.84. The zero-order valence-electron chi connectivity index (χ0n) is 11.4. The third-order valence-electron chi connectivity index (χ3n) is 3.26. The van der Waals surface area contributed by atoms with Crippen LogP contribution in [0, 0.1) is 5.92 Å². The van der Waals surface area contributed by atoms with Crippen molar-refractivity contribution in [1.82, 2.24) is 4.90 Å². The van der Waals surface area contributed by atoms with E-state index in [1.54, 1.807) is 0 Å². The molecule has 0 N–H and O–H groups in total. The Kier molecular flexibility index (Phi) is 4.86. The fourth-order valence-corrected chi connectivity index (χ4v) is 2.80. The Hall–Kier alpha value is -1.03. The topological polar surface area (TPSA) is 29.5 Å². The molecule has 1 unspecified atom stereocenters. The highest BCUT2D eigenvalue weighted by Crippen LogP contribution is 2.21. The summed E-state index contributed by atoms with van der Waals surface area (Å²) in [6.07, 6.45) is 1.24. The summed E-state index contributed by atoms with van der Waals surface area (Å²) in [6, 6.07) is 7.43. The number of carbonyl (C=O) groups is 1. The number of likely N-dealkylation sites (tertiary alicyclic amines) is 1. The van der Waals surface area contributed by atoms with E-state index < -0.39 is 0 Å². The summed E-state index contributed by atoms with van der Waals surface area (Å²) in [6.45, 7) is 5.70. The predicted molar refractivity (Wildman–Crippen MR) is 80.0 cm³/mol. The number of halogens is 1. The monoisotopic (exact) mass is 325 g/mol. The van der Waals surface area contributed by atoms with Crippen LogP contribution in [-0.2, 0) is 0 Å². The van der Waals surface area contributed by atoms with Crippen LogP contribution in [-0.4, -0.2) is 35.3 Å². The number of nitrogens with zero attached hydrogens (tertiary/aromatic N) is 1. The van der Waals surface area contributed by atoms with Crippen molar-refractivity contribution in [2.45, 2.75) is 26.4 Å². The lowest BCUT2D eigenvalue weighted by Gasteiger charge is -2.16. The van der Waals surface area contributed by atoms with Crippen molar-refractivity contribution in [2.75, 3.05) is 18.4 Å². The van der Waals surface area contributed by atoms with Crippen molar-refractivity contribution >= 4 is 21.8 Å². The average Bonchev–Trinajstić information content (AvgIpc) is 2.87. The number of benzene rings is 1. The highest BCUT2D eigenvalue weighted by molar-refractivity contribution is 9.09. The summed E-state index contributed by atoms with van der Waals surface area (Å²) >= 11 is 3.49. The standard InChI is InChI=1S/C15H20BrNO2/c1-11(2)19-14-5-3-13(4-6-14)15(18)17-8-7-12(9-16)10-17/h3-6,11-12H,7-10H2,1-2H3. The number of alkyl halides is 1. The van der Waals surface area contributed by atoms with E-state index in [1.807, 2.05) is 43.0 Å². The molecule has 1 amide bonds. The van der Waals surface area contributed by atoms with E-state index in [0.717, 1.165) is 36.2 Å². The lowest BCUT2D eigenvalue weighted by Crippen LogP contribution is -2.28. The molecule has 0 aliphatic carbocycles. The zero-order valence-corrected chi connectivity index (χ0v) is 13.0. The molecule has 1 fully saturated rings. The smallest absolute Gasteiger partial charge is 0.253 e. The third-order valence-corrected chi connectivity index (χ3v) is 4.18. The second-order valence-corrected chi connectivity index (χ2v) is 5.90. The molecular weight excluding hydrogens is 306 g/mol. The number of ether oxygens (including phenoxy) is 1. The quantitative estimate of drug-likeness (QED) is 0.795. The second kappa shape index (κ2) is 6.42. The highest BCUT2D eigenvalue weighted by atomic mass is 79.9. The maximum Gasteiger partial charge on any atom is 0.253 e. The molecule has 1 atom stereocenters. The van der Waals surface area contributed by atoms with Gasteiger partial charge in [-0.2, -0.15) is 0 Å². The zero-order chi connectivity index (χ0) is 13.8. The lowest BCUT2D eigenvalue weighted by atomic mass is 10.1. The second-order valence-electron chi connectivity index (χ2n) is 5.25. The Morgan fingerprint density at radius 3 is 2.63 bits per heavy atom. The summed E-state index contributed by atoms with van der Waals surface area (Å²) in [4.78, 5) is 14.2. The molecule has 19 heavy (non-hydrogen) atoms. The largest absolute Gasteiger partial charge is 0.491 e. The minimum atomic E-state index is 0.125. The third kappa shape index (κ3) is 3.72. The normalized spacial score (nSPS) is 18.9. The van der Waals surface area contributed by atoms with E-state index in [4.69, 9.17) is 4.74 Å². The first kappa shape index (κ1) is 14.4. The molecule has 4 heteroatoms. The Morgan fingerprint density at radius 2 is 2.11 bits per heavy atom. The molecule has 1 aromatic carbocycles. The molecule has 1 aliphatic rings. The van der Waals surface area contributed by atoms with Crippen LogP contribution < -0.4 is 4.74 Å². The summed E-state index contributed by atoms with van der Waals surface area (Å²) in [5.74, 6) is 1.53. The van der Waals surface area contributed by atoms with E-state index in [0.29, 0.717) is 5.92 Å². The fraction of sp³-hybridized carbons (Fsp3) is 0.533. The molecule has 0 bridgehead atoms. The van der Waals surface area contributed by atoms with Gasteiger partial charge < -0.3 is 9.64 Å². The molecular formula is C15H20BrNO2. The molecule has 1 aliphatic heterocycles. The van der Waals surface area contributed by atoms with Gasteiger partial charge in [-0.3, -0.25) is 4.79 Å². The molecule has 0 aromatic heterocycles. The Balaban J connectivity index is 2.00. The van der Waals surface area contributed by atoms with Gasteiger partial charge >= 0.3 is 0 Å². The number of carbonyl (C=O) groups excluding carboxylic acids is 1. The van der Waals surface area contributed by atoms with E-state index >= 15 is 0 Å². The number of rotatable bonds is 4. The van der Waals surface area contributed by atoms with Crippen molar-refractivity contribution in [2.24, 2.45) is 5.92 Å². The minimum absolute atomic E-state index is 0.125. The SMILES string of the molecule is CC(C)Oc1ccc(C(=O)N2CCC(CBr)C2)cc1. The van der Waals surface area contributed by atoms with Gasteiger partial charge in [0, 0.05) is 24.0 Å².